The van der Waals surface area contributed by atoms with Crippen LogP contribution in [0.2, 0.25) is 0 Å². The number of nitrogens with one attached hydrogen (secondary N) is 1. The first-order chi connectivity index (χ1) is 15.7. The minimum Gasteiger partial charge on any atom is -0.350 e. The van der Waals surface area contributed by atoms with Gasteiger partial charge >= 0.3 is 0 Å². The van der Waals surface area contributed by atoms with Crippen LogP contribution < -0.4 is 5.32 Å². The van der Waals surface area contributed by atoms with Crippen molar-refractivity contribution in [2.24, 2.45) is 0 Å². The van der Waals surface area contributed by atoms with E-state index in [1.807, 2.05) is 78.2 Å². The van der Waals surface area contributed by atoms with Gasteiger partial charge in [-0.25, -0.2) is 4.98 Å². The lowest BCUT2D eigenvalue weighted by Gasteiger charge is -2.31. The van der Waals surface area contributed by atoms with Crippen LogP contribution in [0.15, 0.2) is 96.8 Å². The third-order valence-electron chi connectivity index (χ3n) is 4.93. The molecule has 2 aromatic heterocycles. The van der Waals surface area contributed by atoms with Crippen molar-refractivity contribution >= 4 is 23.2 Å². The average Bonchev–Trinajstić information content (AvgIpc) is 3.37. The molecule has 1 atom stereocenters. The number of carbonyl (C=O) groups is 2. The summed E-state index contributed by atoms with van der Waals surface area (Å²) in [6, 6.07) is 22.1. The summed E-state index contributed by atoms with van der Waals surface area (Å²) in [5.41, 5.74) is 1.91. The predicted molar refractivity (Wildman–Crippen MR) is 124 cm³/mol. The molecule has 0 spiro atoms. The summed E-state index contributed by atoms with van der Waals surface area (Å²) in [6.07, 6.45) is 4.42. The van der Waals surface area contributed by atoms with Crippen molar-refractivity contribution in [3.05, 3.63) is 118 Å². The van der Waals surface area contributed by atoms with E-state index < -0.39 is 6.04 Å². The number of rotatable bonds is 8. The van der Waals surface area contributed by atoms with Crippen LogP contribution in [0.1, 0.15) is 32.5 Å². The van der Waals surface area contributed by atoms with Crippen LogP contribution in [-0.4, -0.2) is 26.7 Å². The minimum absolute atomic E-state index is 0.195. The molecule has 0 saturated carbocycles. The summed E-state index contributed by atoms with van der Waals surface area (Å²) in [5.74, 6) is -0.607. The van der Waals surface area contributed by atoms with Gasteiger partial charge in [-0.3, -0.25) is 14.6 Å². The molecular formula is C25H22N4O2S. The van der Waals surface area contributed by atoms with E-state index in [-0.39, 0.29) is 24.1 Å². The third kappa shape index (κ3) is 5.25. The van der Waals surface area contributed by atoms with Gasteiger partial charge in [0.1, 0.15) is 11.7 Å². The Morgan fingerprint density at radius 3 is 2.34 bits per heavy atom. The van der Waals surface area contributed by atoms with Crippen molar-refractivity contribution in [2.45, 2.75) is 19.1 Å². The highest BCUT2D eigenvalue weighted by Gasteiger charge is 2.33. The SMILES string of the molecule is O=C(NCc1ccccc1)[C@@H](c1ccccc1)N(Cc1cccs1)C(=O)c1cnccn1. The Bertz CT molecular complexity index is 1140. The molecule has 0 bridgehead atoms. The Hall–Kier alpha value is -3.84. The molecule has 0 unspecified atom stereocenters. The van der Waals surface area contributed by atoms with Crippen LogP contribution in [0.3, 0.4) is 0 Å². The van der Waals surface area contributed by atoms with E-state index in [2.05, 4.69) is 15.3 Å². The van der Waals surface area contributed by atoms with Gasteiger partial charge in [-0.05, 0) is 22.6 Å². The first kappa shape index (κ1) is 21.4. The molecule has 0 aliphatic rings. The fraction of sp³-hybridized carbons (Fsp3) is 0.120. The number of benzene rings is 2. The van der Waals surface area contributed by atoms with Crippen molar-refractivity contribution in [3.63, 3.8) is 0 Å². The smallest absolute Gasteiger partial charge is 0.275 e. The van der Waals surface area contributed by atoms with Gasteiger partial charge in [0.05, 0.1) is 12.7 Å². The lowest BCUT2D eigenvalue weighted by molar-refractivity contribution is -0.126. The number of aromatic nitrogens is 2. The van der Waals surface area contributed by atoms with Gasteiger partial charge in [0, 0.05) is 23.8 Å². The molecule has 32 heavy (non-hydrogen) atoms. The van der Waals surface area contributed by atoms with E-state index in [4.69, 9.17) is 0 Å². The van der Waals surface area contributed by atoms with E-state index in [0.29, 0.717) is 6.54 Å². The van der Waals surface area contributed by atoms with E-state index in [0.717, 1.165) is 16.0 Å². The molecule has 2 aromatic carbocycles. The Balaban J connectivity index is 1.68. The zero-order valence-electron chi connectivity index (χ0n) is 17.3. The molecule has 0 aliphatic carbocycles. The number of carbonyl (C=O) groups excluding carboxylic acids is 2. The number of nitrogens with zero attached hydrogens (tertiary/aromatic N) is 3. The van der Waals surface area contributed by atoms with Crippen molar-refractivity contribution in [2.75, 3.05) is 0 Å². The highest BCUT2D eigenvalue weighted by Crippen LogP contribution is 2.26. The zero-order valence-corrected chi connectivity index (χ0v) is 18.1. The van der Waals surface area contributed by atoms with Gasteiger partial charge in [0.25, 0.3) is 5.91 Å². The van der Waals surface area contributed by atoms with Crippen molar-refractivity contribution in [3.8, 4) is 0 Å². The first-order valence-corrected chi connectivity index (χ1v) is 11.1. The van der Waals surface area contributed by atoms with Gasteiger partial charge in [-0.15, -0.1) is 11.3 Å². The minimum atomic E-state index is -0.823. The van der Waals surface area contributed by atoms with E-state index in [1.54, 1.807) is 4.90 Å². The first-order valence-electron chi connectivity index (χ1n) is 10.2. The molecule has 0 aliphatic heterocycles. The Kier molecular flexibility index (Phi) is 6.99. The number of hydrogen-bond acceptors (Lipinski definition) is 5. The monoisotopic (exact) mass is 442 g/mol. The van der Waals surface area contributed by atoms with Gasteiger partial charge in [0.15, 0.2) is 0 Å². The van der Waals surface area contributed by atoms with Gasteiger partial charge < -0.3 is 10.2 Å². The molecule has 2 heterocycles. The van der Waals surface area contributed by atoms with Crippen LogP contribution in [0.5, 0.6) is 0 Å². The van der Waals surface area contributed by atoms with E-state index >= 15 is 0 Å². The molecule has 1 N–H and O–H groups in total. The van der Waals surface area contributed by atoms with Crippen LogP contribution in [0.4, 0.5) is 0 Å². The lowest BCUT2D eigenvalue weighted by Crippen LogP contribution is -2.43. The predicted octanol–water partition coefficient (Wildman–Crippen LogP) is 4.24. The molecule has 4 rings (SSSR count). The molecular weight excluding hydrogens is 420 g/mol. The molecule has 0 fully saturated rings. The molecule has 2 amide bonds. The fourth-order valence-electron chi connectivity index (χ4n) is 3.40. The molecule has 0 saturated heterocycles. The summed E-state index contributed by atoms with van der Waals surface area (Å²) >= 11 is 1.54. The highest BCUT2D eigenvalue weighted by molar-refractivity contribution is 7.09. The molecule has 4 aromatic rings. The highest BCUT2D eigenvalue weighted by atomic mass is 32.1. The second-order valence-corrected chi connectivity index (χ2v) is 8.15. The Morgan fingerprint density at radius 1 is 0.938 bits per heavy atom. The van der Waals surface area contributed by atoms with E-state index in [9.17, 15) is 9.59 Å². The van der Waals surface area contributed by atoms with Crippen molar-refractivity contribution in [1.82, 2.24) is 20.2 Å². The van der Waals surface area contributed by atoms with Gasteiger partial charge in [-0.2, -0.15) is 0 Å². The Labute approximate surface area is 190 Å². The summed E-state index contributed by atoms with van der Waals surface area (Å²) in [6.45, 7) is 0.653. The van der Waals surface area contributed by atoms with Gasteiger partial charge in [-0.1, -0.05) is 66.7 Å². The standard InChI is InChI=1S/C25H22N4O2S/c30-24(28-16-19-8-3-1-4-9-19)23(20-10-5-2-6-11-20)29(18-21-12-7-15-32-21)25(31)22-17-26-13-14-27-22/h1-15,17,23H,16,18H2,(H,28,30)/t23-/m1/s1. The summed E-state index contributed by atoms with van der Waals surface area (Å²) in [7, 11) is 0. The van der Waals surface area contributed by atoms with Crippen molar-refractivity contribution in [1.29, 1.82) is 0 Å². The quantitative estimate of drug-likeness (QED) is 0.443. The largest absolute Gasteiger partial charge is 0.350 e. The zero-order chi connectivity index (χ0) is 22.2. The van der Waals surface area contributed by atoms with E-state index in [1.165, 1.54) is 29.9 Å². The van der Waals surface area contributed by atoms with Gasteiger partial charge in [0.2, 0.25) is 5.91 Å². The number of amides is 2. The summed E-state index contributed by atoms with van der Waals surface area (Å²) in [5, 5.41) is 4.95. The number of hydrogen-bond donors (Lipinski definition) is 1. The number of thiophene rings is 1. The maximum Gasteiger partial charge on any atom is 0.275 e. The van der Waals surface area contributed by atoms with Crippen LogP contribution in [-0.2, 0) is 17.9 Å². The van der Waals surface area contributed by atoms with Crippen molar-refractivity contribution < 1.29 is 9.59 Å². The average molecular weight is 443 g/mol. The van der Waals surface area contributed by atoms with Crippen LogP contribution in [0, 0.1) is 0 Å². The molecule has 0 radical (unpaired) electrons. The second kappa shape index (κ2) is 10.5. The normalized spacial score (nSPS) is 11.5. The molecule has 7 heteroatoms. The maximum absolute atomic E-state index is 13.5. The third-order valence-corrected chi connectivity index (χ3v) is 5.80. The summed E-state index contributed by atoms with van der Waals surface area (Å²) < 4.78 is 0. The van der Waals surface area contributed by atoms with Crippen LogP contribution >= 0.6 is 11.3 Å². The molecule has 160 valence electrons. The molecule has 6 nitrogen and oxygen atoms in total. The second-order valence-electron chi connectivity index (χ2n) is 7.12. The summed E-state index contributed by atoms with van der Waals surface area (Å²) in [4.78, 5) is 37.7. The topological polar surface area (TPSA) is 75.2 Å². The fourth-order valence-corrected chi connectivity index (χ4v) is 4.10. The van der Waals surface area contributed by atoms with Crippen LogP contribution in [0.25, 0.3) is 0 Å². The maximum atomic E-state index is 13.5. The Morgan fingerprint density at radius 2 is 1.69 bits per heavy atom. The lowest BCUT2D eigenvalue weighted by atomic mass is 10.0.